The zero-order valence-corrected chi connectivity index (χ0v) is 15.8. The number of carbonyl (C=O) groups excluding carboxylic acids is 1. The number of hydrogen-bond donors (Lipinski definition) is 2. The van der Waals surface area contributed by atoms with E-state index in [1.165, 1.54) is 16.7 Å². The van der Waals surface area contributed by atoms with Gasteiger partial charge in [0, 0.05) is 24.5 Å². The third kappa shape index (κ3) is 3.41. The lowest BCUT2D eigenvalue weighted by Crippen LogP contribution is -2.38. The molecule has 1 atom stereocenters. The van der Waals surface area contributed by atoms with Gasteiger partial charge in [-0.25, -0.2) is 4.39 Å². The minimum absolute atomic E-state index is 0. The van der Waals surface area contributed by atoms with Crippen molar-refractivity contribution in [3.8, 4) is 5.75 Å². The highest BCUT2D eigenvalue weighted by atomic mass is 35.5. The number of amides is 1. The predicted octanol–water partition coefficient (Wildman–Crippen LogP) is 2.07. The van der Waals surface area contributed by atoms with Gasteiger partial charge in [-0.3, -0.25) is 9.59 Å². The van der Waals surface area contributed by atoms with Crippen molar-refractivity contribution in [1.82, 2.24) is 14.8 Å². The monoisotopic (exact) mass is 383 g/mol. The van der Waals surface area contributed by atoms with E-state index in [1.807, 2.05) is 25.9 Å². The van der Waals surface area contributed by atoms with Crippen molar-refractivity contribution in [2.75, 3.05) is 27.2 Å². The number of nitrogens with zero attached hydrogens (tertiary/aromatic N) is 2. The average Bonchev–Trinajstić information content (AvgIpc) is 2.53. The predicted molar refractivity (Wildman–Crippen MR) is 101 cm³/mol. The molecule has 3 rings (SSSR count). The molecule has 6 nitrogen and oxygen atoms in total. The molecule has 1 amide bonds. The van der Waals surface area contributed by atoms with Crippen LogP contribution in [0.2, 0.25) is 0 Å². The number of aryl methyl sites for hydroxylation is 1. The number of hydrogen-bond acceptors (Lipinski definition) is 4. The molecule has 8 heteroatoms. The molecular formula is C18H23ClFN3O3. The van der Waals surface area contributed by atoms with Crippen LogP contribution in [0, 0.1) is 5.82 Å². The molecule has 0 spiro atoms. The lowest BCUT2D eigenvalue weighted by molar-refractivity contribution is 0.0946. The molecule has 1 aliphatic rings. The molecule has 0 radical (unpaired) electrons. The Morgan fingerprint density at radius 1 is 1.42 bits per heavy atom. The molecule has 2 heterocycles. The van der Waals surface area contributed by atoms with Gasteiger partial charge < -0.3 is 19.9 Å². The zero-order valence-electron chi connectivity index (χ0n) is 15.0. The van der Waals surface area contributed by atoms with Gasteiger partial charge in [0.1, 0.15) is 17.1 Å². The molecule has 0 aliphatic carbocycles. The Morgan fingerprint density at radius 2 is 2.12 bits per heavy atom. The summed E-state index contributed by atoms with van der Waals surface area (Å²) in [5.74, 6) is -1.58. The number of nitrogens with one attached hydrogen (secondary N) is 1. The van der Waals surface area contributed by atoms with Crippen molar-refractivity contribution in [2.45, 2.75) is 25.8 Å². The van der Waals surface area contributed by atoms with Gasteiger partial charge >= 0.3 is 0 Å². The number of carbonyl (C=O) groups is 1. The van der Waals surface area contributed by atoms with Crippen LogP contribution in [0.15, 0.2) is 16.9 Å². The number of pyridine rings is 1. The molecule has 1 aliphatic heterocycles. The second-order valence-corrected chi connectivity index (χ2v) is 6.81. The van der Waals surface area contributed by atoms with Crippen molar-refractivity contribution in [1.29, 1.82) is 0 Å². The molecule has 1 aromatic carbocycles. The molecule has 0 saturated heterocycles. The first-order chi connectivity index (χ1) is 11.8. The van der Waals surface area contributed by atoms with E-state index in [2.05, 4.69) is 5.32 Å². The van der Waals surface area contributed by atoms with E-state index >= 15 is 0 Å². The number of benzene rings is 1. The summed E-state index contributed by atoms with van der Waals surface area (Å²) in [6.07, 6.45) is 1.31. The number of rotatable bonds is 4. The highest BCUT2D eigenvalue weighted by Crippen LogP contribution is 2.35. The zero-order chi connectivity index (χ0) is 18.3. The maximum absolute atomic E-state index is 13.9. The van der Waals surface area contributed by atoms with Gasteiger partial charge in [-0.05, 0) is 51.6 Å². The summed E-state index contributed by atoms with van der Waals surface area (Å²) in [4.78, 5) is 27.3. The highest BCUT2D eigenvalue weighted by molar-refractivity contribution is 6.03. The van der Waals surface area contributed by atoms with Gasteiger partial charge in [0.15, 0.2) is 0 Å². The first-order valence-corrected chi connectivity index (χ1v) is 8.33. The van der Waals surface area contributed by atoms with E-state index in [1.54, 1.807) is 0 Å². The van der Waals surface area contributed by atoms with Crippen LogP contribution in [0.4, 0.5) is 4.39 Å². The first-order valence-electron chi connectivity index (χ1n) is 8.33. The van der Waals surface area contributed by atoms with Crippen LogP contribution < -0.4 is 10.9 Å². The van der Waals surface area contributed by atoms with Crippen molar-refractivity contribution in [2.24, 2.45) is 0 Å². The number of likely N-dealkylation sites (N-methyl/N-ethyl adjacent to an activating group) is 1. The molecule has 26 heavy (non-hydrogen) atoms. The standard InChI is InChI=1S/C18H22FN3O3.ClH/c1-10-4-5-11-8-12(19)9-13-15(11)22(10)18(25)14(16(13)23)17(24)20-6-7-21(2)3;/h8-10,23H,4-7H2,1-3H3,(H,20,24);1H. The van der Waals surface area contributed by atoms with E-state index in [4.69, 9.17) is 0 Å². The van der Waals surface area contributed by atoms with Gasteiger partial charge in [-0.1, -0.05) is 0 Å². The minimum Gasteiger partial charge on any atom is -0.506 e. The minimum atomic E-state index is -0.640. The van der Waals surface area contributed by atoms with Crippen LogP contribution in [-0.4, -0.2) is 47.7 Å². The van der Waals surface area contributed by atoms with Crippen LogP contribution in [0.3, 0.4) is 0 Å². The molecule has 2 aromatic rings. The second kappa shape index (κ2) is 7.63. The Labute approximate surface area is 157 Å². The first kappa shape index (κ1) is 20.2. The van der Waals surface area contributed by atoms with Crippen LogP contribution in [0.25, 0.3) is 10.9 Å². The van der Waals surface area contributed by atoms with E-state index in [-0.39, 0.29) is 29.4 Å². The topological polar surface area (TPSA) is 74.6 Å². The highest BCUT2D eigenvalue weighted by Gasteiger charge is 2.28. The number of halogens is 2. The summed E-state index contributed by atoms with van der Waals surface area (Å²) in [6.45, 7) is 2.83. The molecule has 0 bridgehead atoms. The molecule has 1 unspecified atom stereocenters. The van der Waals surface area contributed by atoms with E-state index < -0.39 is 23.0 Å². The molecule has 0 saturated carbocycles. The smallest absolute Gasteiger partial charge is 0.267 e. The molecule has 2 N–H and O–H groups in total. The Kier molecular flexibility index (Phi) is 5.93. The summed E-state index contributed by atoms with van der Waals surface area (Å²) in [5.41, 5.74) is 0.344. The number of aromatic nitrogens is 1. The third-order valence-corrected chi connectivity index (χ3v) is 4.66. The lowest BCUT2D eigenvalue weighted by Gasteiger charge is -2.26. The molecule has 0 fully saturated rings. The quantitative estimate of drug-likeness (QED) is 0.847. The van der Waals surface area contributed by atoms with Crippen LogP contribution in [0.5, 0.6) is 5.75 Å². The van der Waals surface area contributed by atoms with Gasteiger partial charge in [0.25, 0.3) is 11.5 Å². The number of aromatic hydroxyl groups is 1. The summed E-state index contributed by atoms with van der Waals surface area (Å²) in [6, 6.07) is 2.45. The Bertz CT molecular complexity index is 911. The van der Waals surface area contributed by atoms with Crippen molar-refractivity contribution < 1.29 is 14.3 Å². The third-order valence-electron chi connectivity index (χ3n) is 4.66. The second-order valence-electron chi connectivity index (χ2n) is 6.81. The van der Waals surface area contributed by atoms with Crippen LogP contribution in [-0.2, 0) is 6.42 Å². The summed E-state index contributed by atoms with van der Waals surface area (Å²) >= 11 is 0. The summed E-state index contributed by atoms with van der Waals surface area (Å²) in [7, 11) is 3.73. The summed E-state index contributed by atoms with van der Waals surface area (Å²) < 4.78 is 15.4. The lowest BCUT2D eigenvalue weighted by atomic mass is 9.95. The van der Waals surface area contributed by atoms with Crippen molar-refractivity contribution >= 4 is 29.2 Å². The fraction of sp³-hybridized carbons (Fsp3) is 0.444. The summed E-state index contributed by atoms with van der Waals surface area (Å²) in [5, 5.41) is 13.4. The van der Waals surface area contributed by atoms with Crippen LogP contribution >= 0.6 is 12.4 Å². The normalized spacial score (nSPS) is 15.8. The Morgan fingerprint density at radius 3 is 2.77 bits per heavy atom. The maximum Gasteiger partial charge on any atom is 0.267 e. The SMILES string of the molecule is CC1CCc2cc(F)cc3c(O)c(C(=O)NCCN(C)C)c(=O)n1c23.Cl. The van der Waals surface area contributed by atoms with Crippen molar-refractivity contribution in [3.63, 3.8) is 0 Å². The fourth-order valence-corrected chi connectivity index (χ4v) is 3.37. The van der Waals surface area contributed by atoms with Crippen molar-refractivity contribution in [3.05, 3.63) is 39.4 Å². The average molecular weight is 384 g/mol. The van der Waals surface area contributed by atoms with Gasteiger partial charge in [0.2, 0.25) is 0 Å². The van der Waals surface area contributed by atoms with E-state index in [0.717, 1.165) is 0 Å². The Balaban J connectivity index is 0.00000243. The maximum atomic E-state index is 13.9. The fourth-order valence-electron chi connectivity index (χ4n) is 3.37. The molecule has 1 aromatic heterocycles. The van der Waals surface area contributed by atoms with E-state index in [9.17, 15) is 19.1 Å². The largest absolute Gasteiger partial charge is 0.506 e. The van der Waals surface area contributed by atoms with E-state index in [0.29, 0.717) is 37.0 Å². The molecular weight excluding hydrogens is 361 g/mol. The Hall–Kier alpha value is -2.12. The van der Waals surface area contributed by atoms with Gasteiger partial charge in [0.05, 0.1) is 5.52 Å². The van der Waals surface area contributed by atoms with Crippen LogP contribution in [0.1, 0.15) is 35.3 Å². The van der Waals surface area contributed by atoms with Gasteiger partial charge in [-0.15, -0.1) is 12.4 Å². The molecule has 142 valence electrons. The van der Waals surface area contributed by atoms with Gasteiger partial charge in [-0.2, -0.15) is 0 Å².